The van der Waals surface area contributed by atoms with Crippen molar-refractivity contribution in [2.45, 2.75) is 107 Å². The van der Waals surface area contributed by atoms with Gasteiger partial charge in [-0.1, -0.05) is 192 Å². The number of para-hydroxylation sites is 2. The predicted molar refractivity (Wildman–Crippen MR) is 297 cm³/mol. The summed E-state index contributed by atoms with van der Waals surface area (Å²) in [6.45, 7) is 24.4. The summed E-state index contributed by atoms with van der Waals surface area (Å²) in [6.07, 6.45) is 1.91. The van der Waals surface area contributed by atoms with Gasteiger partial charge in [0.2, 0.25) is 0 Å². The molecule has 0 bridgehead atoms. The SMILES string of the molecule is [2H]c1c([2H])c([2H])c(-c2cccc(-c3cc(C(C)(C)C)cc(C(C)(C)C)c3)c2-[n+]2[c-]n(-c3cccc(Oc4ccc5c6ccccc6n(-c6cc(C([2H])([2H])C(C)(C)C)ccn6)c5c4)c3)c3cc(C([2H])([2H])C(C)(C)C)ccc32)c([2H])c1[2H]. The van der Waals surface area contributed by atoms with Crippen molar-refractivity contribution in [2.75, 3.05) is 0 Å². The maximum absolute atomic E-state index is 9.47. The van der Waals surface area contributed by atoms with Crippen molar-refractivity contribution < 1.29 is 21.6 Å². The summed E-state index contributed by atoms with van der Waals surface area (Å²) >= 11 is 0. The van der Waals surface area contributed by atoms with Gasteiger partial charge in [-0.2, -0.15) is 0 Å². The number of ether oxygens (including phenoxy) is 1. The zero-order valence-electron chi connectivity index (χ0n) is 52.0. The third-order valence-electron chi connectivity index (χ3n) is 12.6. The lowest BCUT2D eigenvalue weighted by Crippen LogP contribution is -2.31. The van der Waals surface area contributed by atoms with Crippen molar-refractivity contribution >= 4 is 32.8 Å². The number of fused-ring (bicyclic) bond motifs is 4. The highest BCUT2D eigenvalue weighted by atomic mass is 16.5. The molecule has 0 aliphatic heterocycles. The van der Waals surface area contributed by atoms with Gasteiger partial charge in [0.1, 0.15) is 17.3 Å². The molecule has 7 aromatic carbocycles. The van der Waals surface area contributed by atoms with Gasteiger partial charge in [0.25, 0.3) is 6.33 Å². The summed E-state index contributed by atoms with van der Waals surface area (Å²) in [4.78, 5) is 4.79. The minimum absolute atomic E-state index is 0.0408. The average molecular weight is 942 g/mol. The van der Waals surface area contributed by atoms with E-state index in [0.29, 0.717) is 56.4 Å². The molecule has 10 aromatic rings. The molecule has 0 saturated heterocycles. The van der Waals surface area contributed by atoms with Crippen LogP contribution in [-0.2, 0) is 23.6 Å². The minimum atomic E-state index is -1.78. The summed E-state index contributed by atoms with van der Waals surface area (Å²) in [7, 11) is 0. The minimum Gasteiger partial charge on any atom is -0.458 e. The molecule has 3 aromatic heterocycles. The Morgan fingerprint density at radius 3 is 1.89 bits per heavy atom. The second-order valence-electron chi connectivity index (χ2n) is 22.8. The number of rotatable bonds is 9. The summed E-state index contributed by atoms with van der Waals surface area (Å²) in [5, 5.41) is 1.98. The lowest BCUT2D eigenvalue weighted by Gasteiger charge is -2.27. The Morgan fingerprint density at radius 1 is 0.563 bits per heavy atom. The largest absolute Gasteiger partial charge is 0.458 e. The van der Waals surface area contributed by atoms with E-state index in [4.69, 9.17) is 16.6 Å². The molecule has 3 heterocycles. The molecule has 0 amide bonds. The summed E-state index contributed by atoms with van der Waals surface area (Å²) in [6, 6.07) is 40.9. The van der Waals surface area contributed by atoms with Crippen LogP contribution in [0.25, 0.3) is 72.3 Å². The van der Waals surface area contributed by atoms with Gasteiger partial charge in [-0.25, -0.2) is 4.98 Å². The second-order valence-corrected chi connectivity index (χ2v) is 22.8. The van der Waals surface area contributed by atoms with Gasteiger partial charge in [-0.05, 0) is 128 Å². The van der Waals surface area contributed by atoms with Crippen LogP contribution in [-0.4, -0.2) is 14.1 Å². The Bertz CT molecular complexity index is 4050. The maximum Gasteiger partial charge on any atom is 0.269 e. The van der Waals surface area contributed by atoms with E-state index in [0.717, 1.165) is 44.1 Å². The topological polar surface area (TPSA) is 35.9 Å². The van der Waals surface area contributed by atoms with Crippen LogP contribution in [0.5, 0.6) is 11.5 Å². The van der Waals surface area contributed by atoms with Gasteiger partial charge in [0.15, 0.2) is 0 Å². The van der Waals surface area contributed by atoms with E-state index in [2.05, 4.69) is 72.1 Å². The Kier molecular flexibility index (Phi) is 9.45. The molecule has 0 radical (unpaired) electrons. The number of benzene rings is 7. The van der Waals surface area contributed by atoms with Gasteiger partial charge >= 0.3 is 0 Å². The Hall–Kier alpha value is -7.24. The third kappa shape index (κ3) is 9.80. The molecule has 0 aliphatic rings. The van der Waals surface area contributed by atoms with Crippen LogP contribution >= 0.6 is 0 Å². The van der Waals surface area contributed by atoms with E-state index in [1.807, 2.05) is 146 Å². The zero-order valence-corrected chi connectivity index (χ0v) is 43.0. The van der Waals surface area contributed by atoms with Crippen molar-refractivity contribution in [3.8, 4) is 50.9 Å². The number of imidazole rings is 1. The fourth-order valence-electron chi connectivity index (χ4n) is 9.36. The monoisotopic (exact) mass is 942 g/mol. The van der Waals surface area contributed by atoms with Gasteiger partial charge in [0.05, 0.1) is 40.3 Å². The van der Waals surface area contributed by atoms with E-state index in [1.54, 1.807) is 24.4 Å². The number of pyridine rings is 1. The summed E-state index contributed by atoms with van der Waals surface area (Å²) in [5.41, 5.74) is 7.40. The molecule has 10 rings (SSSR count). The van der Waals surface area contributed by atoms with E-state index in [9.17, 15) is 5.48 Å². The molecule has 0 saturated carbocycles. The standard InChI is InChI=1S/C66H68N4O/c1-63(2,3)41-44-28-31-58-60(34-44)68(43-69(58)62-53(46-20-14-13-15-21-46)25-19-26-54(62)47-36-48(65(7,8)9)38-49(37-47)66(10,11)12)50-22-18-23-51(39-50)71-52-29-30-56-55-24-16-17-27-57(55)70(59(56)40-52)61-35-45(32-33-67-61)42-64(4,5)6/h13-40H,41-42H2,1-12H3/i13D,14D,15D,20D,21D,41D2,42D2. The normalized spacial score (nSPS) is 14.8. The molecule has 358 valence electrons. The van der Waals surface area contributed by atoms with Crippen LogP contribution in [0, 0.1) is 17.2 Å². The van der Waals surface area contributed by atoms with Crippen LogP contribution in [0.3, 0.4) is 0 Å². The smallest absolute Gasteiger partial charge is 0.269 e. The number of hydrogen-bond acceptors (Lipinski definition) is 2. The molecular weight excluding hydrogens is 865 g/mol. The molecule has 0 spiro atoms. The molecule has 0 aliphatic carbocycles. The van der Waals surface area contributed by atoms with Crippen molar-refractivity contribution in [3.63, 3.8) is 0 Å². The van der Waals surface area contributed by atoms with Crippen molar-refractivity contribution in [1.82, 2.24) is 14.1 Å². The summed E-state index contributed by atoms with van der Waals surface area (Å²) in [5.74, 6) is 1.62. The average Bonchev–Trinajstić information content (AvgIpc) is 4.17. The van der Waals surface area contributed by atoms with Crippen molar-refractivity contribution in [3.05, 3.63) is 198 Å². The Morgan fingerprint density at radius 2 is 1.20 bits per heavy atom. The lowest BCUT2D eigenvalue weighted by atomic mass is 9.78. The van der Waals surface area contributed by atoms with Crippen LogP contribution < -0.4 is 9.30 Å². The van der Waals surface area contributed by atoms with Gasteiger partial charge in [0, 0.05) is 28.5 Å². The first-order valence-corrected chi connectivity index (χ1v) is 24.5. The molecule has 0 atom stereocenters. The molecule has 5 nitrogen and oxygen atoms in total. The van der Waals surface area contributed by atoms with Crippen molar-refractivity contribution in [1.29, 1.82) is 0 Å². The van der Waals surface area contributed by atoms with Crippen molar-refractivity contribution in [2.24, 2.45) is 10.8 Å². The van der Waals surface area contributed by atoms with E-state index < -0.39 is 41.7 Å². The van der Waals surface area contributed by atoms with E-state index >= 15 is 0 Å². The van der Waals surface area contributed by atoms with Crippen LogP contribution in [0.2, 0.25) is 0 Å². The molecule has 0 N–H and O–H groups in total. The zero-order chi connectivity index (χ0) is 58.0. The highest BCUT2D eigenvalue weighted by molar-refractivity contribution is 6.09. The van der Waals surface area contributed by atoms with E-state index in [-0.39, 0.29) is 28.5 Å². The summed E-state index contributed by atoms with van der Waals surface area (Å²) < 4.78 is 94.5. The predicted octanol–water partition coefficient (Wildman–Crippen LogP) is 17.1. The number of aromatic nitrogens is 4. The Labute approximate surface area is 434 Å². The highest BCUT2D eigenvalue weighted by Gasteiger charge is 2.26. The lowest BCUT2D eigenvalue weighted by molar-refractivity contribution is -0.571. The number of hydrogen-bond donors (Lipinski definition) is 0. The maximum atomic E-state index is 9.47. The molecule has 0 unspecified atom stereocenters. The van der Waals surface area contributed by atoms with Crippen LogP contribution in [0.4, 0.5) is 0 Å². The quantitative estimate of drug-likeness (QED) is 0.107. The molecule has 0 fully saturated rings. The molecular formula is C66H68N4O. The van der Waals surface area contributed by atoms with Gasteiger partial charge in [-0.15, -0.1) is 0 Å². The first kappa shape index (κ1) is 37.6. The van der Waals surface area contributed by atoms with E-state index in [1.165, 1.54) is 0 Å². The molecule has 5 heteroatoms. The fraction of sp³-hybridized carbons (Fsp3) is 0.273. The second kappa shape index (κ2) is 17.9. The van der Waals surface area contributed by atoms with Crippen LogP contribution in [0.15, 0.2) is 170 Å². The Balaban J connectivity index is 1.20. The van der Waals surface area contributed by atoms with Crippen LogP contribution in [0.1, 0.15) is 118 Å². The number of nitrogens with zero attached hydrogens (tertiary/aromatic N) is 4. The highest BCUT2D eigenvalue weighted by Crippen LogP contribution is 2.40. The third-order valence-corrected chi connectivity index (χ3v) is 12.6. The molecule has 71 heavy (non-hydrogen) atoms. The van der Waals surface area contributed by atoms with Gasteiger partial charge in [-0.3, -0.25) is 13.7 Å². The first-order valence-electron chi connectivity index (χ1n) is 29.0. The fourth-order valence-corrected chi connectivity index (χ4v) is 9.36. The first-order chi connectivity index (χ1) is 37.3. The van der Waals surface area contributed by atoms with Gasteiger partial charge < -0.3 is 4.74 Å².